The second kappa shape index (κ2) is 6.99. The Hall–Kier alpha value is -2.95. The van der Waals surface area contributed by atoms with Crippen LogP contribution in [0.5, 0.6) is 11.5 Å². The van der Waals surface area contributed by atoms with Crippen LogP contribution in [0.15, 0.2) is 73.1 Å². The van der Waals surface area contributed by atoms with Crippen LogP contribution in [0.4, 0.5) is 5.69 Å². The van der Waals surface area contributed by atoms with Crippen molar-refractivity contribution in [2.24, 2.45) is 0 Å². The molecule has 1 amide bonds. The second-order valence-corrected chi connectivity index (χ2v) is 6.73. The number of carbonyl (C=O) groups excluding carboxylic acids is 1. The normalized spacial score (nSPS) is 12.4. The highest BCUT2D eigenvalue weighted by atomic mass is 35.5. The number of phenols is 1. The van der Waals surface area contributed by atoms with Crippen molar-refractivity contribution < 1.29 is 14.6 Å². The Morgan fingerprint density at radius 2 is 1.63 bits per heavy atom. The summed E-state index contributed by atoms with van der Waals surface area (Å²) in [5, 5.41) is 9.75. The Kier molecular flexibility index (Phi) is 4.52. The number of fused-ring (bicyclic) bond motifs is 1. The summed E-state index contributed by atoms with van der Waals surface area (Å²) in [6, 6.07) is 18.2. The van der Waals surface area contributed by atoms with Crippen molar-refractivity contribution in [3.63, 3.8) is 0 Å². The number of rotatable bonds is 2. The molecule has 0 saturated carbocycles. The smallest absolute Gasteiger partial charge is 0.262 e. The predicted octanol–water partition coefficient (Wildman–Crippen LogP) is 5.88. The first kappa shape index (κ1) is 17.5. The molecule has 0 unspecified atom stereocenters. The maximum absolute atomic E-state index is 13.0. The highest BCUT2D eigenvalue weighted by Crippen LogP contribution is 2.38. The van der Waals surface area contributed by atoms with Crippen molar-refractivity contribution in [2.75, 3.05) is 4.90 Å². The molecule has 6 heteroatoms. The molecule has 1 N–H and O–H groups in total. The second-order valence-electron chi connectivity index (χ2n) is 5.92. The van der Waals surface area contributed by atoms with Gasteiger partial charge in [0.2, 0.25) is 0 Å². The number of benzene rings is 3. The third kappa shape index (κ3) is 3.25. The maximum Gasteiger partial charge on any atom is 0.262 e. The van der Waals surface area contributed by atoms with Crippen LogP contribution in [-0.4, -0.2) is 11.0 Å². The number of hydrogen-bond acceptors (Lipinski definition) is 3. The molecule has 3 aromatic rings. The van der Waals surface area contributed by atoms with E-state index in [1.807, 2.05) is 48.5 Å². The molecule has 0 fully saturated rings. The Morgan fingerprint density at radius 3 is 2.33 bits per heavy atom. The molecule has 0 spiro atoms. The van der Waals surface area contributed by atoms with Crippen LogP contribution < -0.4 is 9.64 Å². The van der Waals surface area contributed by atoms with Gasteiger partial charge in [0.1, 0.15) is 6.26 Å². The van der Waals surface area contributed by atoms with Crippen LogP contribution in [0.25, 0.3) is 11.1 Å². The monoisotopic (exact) mass is 397 g/mol. The van der Waals surface area contributed by atoms with E-state index in [2.05, 4.69) is 0 Å². The summed E-state index contributed by atoms with van der Waals surface area (Å²) in [5.41, 5.74) is 2.83. The minimum atomic E-state index is -0.343. The Labute approximate surface area is 165 Å². The number of aromatic hydroxyl groups is 1. The van der Waals surface area contributed by atoms with Crippen LogP contribution in [0.1, 0.15) is 10.4 Å². The highest BCUT2D eigenvalue weighted by molar-refractivity contribution is 6.37. The minimum absolute atomic E-state index is 0.0151. The van der Waals surface area contributed by atoms with Gasteiger partial charge in [0, 0.05) is 11.8 Å². The topological polar surface area (TPSA) is 49.8 Å². The zero-order valence-electron chi connectivity index (χ0n) is 13.9. The van der Waals surface area contributed by atoms with E-state index in [1.165, 1.54) is 29.5 Å². The molecule has 0 saturated heterocycles. The lowest BCUT2D eigenvalue weighted by Gasteiger charge is -2.25. The van der Waals surface area contributed by atoms with Gasteiger partial charge >= 0.3 is 0 Å². The quantitative estimate of drug-likeness (QED) is 0.587. The maximum atomic E-state index is 13.0. The molecule has 1 heterocycles. The summed E-state index contributed by atoms with van der Waals surface area (Å²) < 4.78 is 5.53. The highest BCUT2D eigenvalue weighted by Gasteiger charge is 2.24. The molecule has 0 aliphatic carbocycles. The van der Waals surface area contributed by atoms with E-state index >= 15 is 0 Å². The first-order valence-corrected chi connectivity index (χ1v) is 8.84. The average Bonchev–Trinajstić information content (AvgIpc) is 2.71. The van der Waals surface area contributed by atoms with Gasteiger partial charge in [-0.25, -0.2) is 0 Å². The van der Waals surface area contributed by atoms with Gasteiger partial charge in [-0.05, 0) is 35.4 Å². The Bertz CT molecular complexity index is 1040. The summed E-state index contributed by atoms with van der Waals surface area (Å²) in [7, 11) is 0. The molecule has 134 valence electrons. The lowest BCUT2D eigenvalue weighted by molar-refractivity contribution is 0.0995. The lowest BCUT2D eigenvalue weighted by atomic mass is 10.0. The number of hydrogen-bond donors (Lipinski definition) is 1. The molecule has 27 heavy (non-hydrogen) atoms. The molecule has 0 radical (unpaired) electrons. The van der Waals surface area contributed by atoms with Crippen molar-refractivity contribution >= 4 is 34.8 Å². The third-order valence-electron chi connectivity index (χ3n) is 4.21. The fraction of sp³-hybridized carbons (Fsp3) is 0. The van der Waals surface area contributed by atoms with E-state index in [0.29, 0.717) is 11.4 Å². The van der Waals surface area contributed by atoms with E-state index in [1.54, 1.807) is 0 Å². The van der Waals surface area contributed by atoms with Gasteiger partial charge in [-0.3, -0.25) is 9.69 Å². The number of nitrogens with zero attached hydrogens (tertiary/aromatic N) is 1. The van der Waals surface area contributed by atoms with Crippen molar-refractivity contribution in [3.8, 4) is 22.6 Å². The average molecular weight is 398 g/mol. The summed E-state index contributed by atoms with van der Waals surface area (Å²) in [6.07, 6.45) is 2.97. The first-order valence-electron chi connectivity index (χ1n) is 8.09. The fourth-order valence-corrected chi connectivity index (χ4v) is 3.35. The van der Waals surface area contributed by atoms with E-state index in [-0.39, 0.29) is 27.3 Å². The summed E-state index contributed by atoms with van der Waals surface area (Å²) in [4.78, 5) is 14.5. The van der Waals surface area contributed by atoms with Crippen molar-refractivity contribution in [2.45, 2.75) is 0 Å². The van der Waals surface area contributed by atoms with Crippen LogP contribution in [0, 0.1) is 0 Å². The number of ether oxygens (including phenoxy) is 1. The van der Waals surface area contributed by atoms with Gasteiger partial charge in [-0.15, -0.1) is 0 Å². The van der Waals surface area contributed by atoms with E-state index in [0.717, 1.165) is 11.1 Å². The SMILES string of the molecule is O=C(c1cc(Cl)c(O)c(Cl)c1)N1C=COc2ccc(-c3ccccc3)cc21. The number of amides is 1. The summed E-state index contributed by atoms with van der Waals surface area (Å²) in [6.45, 7) is 0. The molecule has 0 bridgehead atoms. The van der Waals surface area contributed by atoms with Crippen molar-refractivity contribution in [3.05, 3.63) is 88.7 Å². The molecule has 4 rings (SSSR count). The Balaban J connectivity index is 1.76. The molecule has 1 aliphatic rings. The standard InChI is InChI=1S/C21H13Cl2NO3/c22-16-10-15(11-17(23)20(16)25)21(26)24-8-9-27-19-7-6-14(12-18(19)24)13-4-2-1-3-5-13/h1-12,25H. The van der Waals surface area contributed by atoms with Gasteiger partial charge in [-0.1, -0.05) is 59.6 Å². The van der Waals surface area contributed by atoms with Gasteiger partial charge in [0.25, 0.3) is 5.91 Å². The third-order valence-corrected chi connectivity index (χ3v) is 4.79. The van der Waals surface area contributed by atoms with Gasteiger partial charge in [0.15, 0.2) is 11.5 Å². The fourth-order valence-electron chi connectivity index (χ4n) is 2.87. The van der Waals surface area contributed by atoms with Crippen LogP contribution in [0.2, 0.25) is 10.0 Å². The van der Waals surface area contributed by atoms with Gasteiger partial charge in [0.05, 0.1) is 15.7 Å². The number of anilines is 1. The largest absolute Gasteiger partial charge is 0.505 e. The van der Waals surface area contributed by atoms with Crippen molar-refractivity contribution in [1.29, 1.82) is 0 Å². The van der Waals surface area contributed by atoms with E-state index in [9.17, 15) is 9.90 Å². The summed E-state index contributed by atoms with van der Waals surface area (Å²) >= 11 is 11.9. The van der Waals surface area contributed by atoms with Crippen LogP contribution in [-0.2, 0) is 0 Å². The Morgan fingerprint density at radius 1 is 0.926 bits per heavy atom. The zero-order chi connectivity index (χ0) is 19.0. The molecule has 0 atom stereocenters. The molecule has 3 aromatic carbocycles. The van der Waals surface area contributed by atoms with Crippen molar-refractivity contribution in [1.82, 2.24) is 0 Å². The minimum Gasteiger partial charge on any atom is -0.505 e. The predicted molar refractivity (Wildman–Crippen MR) is 107 cm³/mol. The molecular weight excluding hydrogens is 385 g/mol. The lowest BCUT2D eigenvalue weighted by Crippen LogP contribution is -2.27. The van der Waals surface area contributed by atoms with E-state index in [4.69, 9.17) is 27.9 Å². The molecule has 1 aliphatic heterocycles. The molecule has 4 nitrogen and oxygen atoms in total. The number of carbonyl (C=O) groups is 1. The molecule has 0 aromatic heterocycles. The first-order chi connectivity index (χ1) is 13.0. The van der Waals surface area contributed by atoms with Gasteiger partial charge in [-0.2, -0.15) is 0 Å². The van der Waals surface area contributed by atoms with E-state index < -0.39 is 0 Å². The zero-order valence-corrected chi connectivity index (χ0v) is 15.4. The molecular formula is C21H13Cl2NO3. The number of halogens is 2. The number of phenolic OH excluding ortho intramolecular Hbond substituents is 1. The van der Waals surface area contributed by atoms with Gasteiger partial charge < -0.3 is 9.84 Å². The van der Waals surface area contributed by atoms with Crippen LogP contribution in [0.3, 0.4) is 0 Å². The van der Waals surface area contributed by atoms with Crippen LogP contribution >= 0.6 is 23.2 Å². The summed E-state index contributed by atoms with van der Waals surface area (Å²) in [5.74, 6) is -0.0366.